The van der Waals surface area contributed by atoms with E-state index < -0.39 is 0 Å². The smallest absolute Gasteiger partial charge is 0.137 e. The molecule has 0 spiro atoms. The van der Waals surface area contributed by atoms with Crippen molar-refractivity contribution in [3.63, 3.8) is 0 Å². The Morgan fingerprint density at radius 2 is 2.11 bits per heavy atom. The molecule has 1 fully saturated rings. The molecule has 2 rings (SSSR count). The van der Waals surface area contributed by atoms with E-state index in [2.05, 4.69) is 26.1 Å². The van der Waals surface area contributed by atoms with Gasteiger partial charge in [0.25, 0.3) is 0 Å². The SMILES string of the molecule is COc1ccc(NC2CCC(C)(C)CC2C)cc1Cl. The number of anilines is 1. The highest BCUT2D eigenvalue weighted by molar-refractivity contribution is 6.32. The van der Waals surface area contributed by atoms with Gasteiger partial charge in [0.05, 0.1) is 12.1 Å². The summed E-state index contributed by atoms with van der Waals surface area (Å²) in [7, 11) is 1.64. The highest BCUT2D eigenvalue weighted by Crippen LogP contribution is 2.40. The number of nitrogens with one attached hydrogen (secondary N) is 1. The molecule has 2 unspecified atom stereocenters. The van der Waals surface area contributed by atoms with E-state index in [0.29, 0.717) is 22.4 Å². The van der Waals surface area contributed by atoms with Crippen molar-refractivity contribution in [2.24, 2.45) is 11.3 Å². The molecule has 1 saturated carbocycles. The third-order valence-electron chi connectivity index (χ3n) is 4.20. The third kappa shape index (κ3) is 3.56. The number of halogens is 1. The zero-order chi connectivity index (χ0) is 14.0. The zero-order valence-electron chi connectivity index (χ0n) is 12.3. The number of hydrogen-bond acceptors (Lipinski definition) is 2. The quantitative estimate of drug-likeness (QED) is 0.844. The lowest BCUT2D eigenvalue weighted by Crippen LogP contribution is -2.36. The van der Waals surface area contributed by atoms with Crippen LogP contribution in [0.4, 0.5) is 5.69 Å². The number of ether oxygens (including phenoxy) is 1. The Morgan fingerprint density at radius 1 is 1.37 bits per heavy atom. The van der Waals surface area contributed by atoms with E-state index in [9.17, 15) is 0 Å². The minimum atomic E-state index is 0.481. The van der Waals surface area contributed by atoms with Gasteiger partial charge in [0.15, 0.2) is 0 Å². The maximum absolute atomic E-state index is 6.16. The van der Waals surface area contributed by atoms with Crippen molar-refractivity contribution in [3.8, 4) is 5.75 Å². The van der Waals surface area contributed by atoms with E-state index in [0.717, 1.165) is 11.4 Å². The lowest BCUT2D eigenvalue weighted by molar-refractivity contribution is 0.177. The molecular formula is C16H24ClNO. The van der Waals surface area contributed by atoms with Crippen molar-refractivity contribution in [2.45, 2.75) is 46.1 Å². The van der Waals surface area contributed by atoms with Crippen molar-refractivity contribution in [1.82, 2.24) is 0 Å². The van der Waals surface area contributed by atoms with Gasteiger partial charge in [0.1, 0.15) is 5.75 Å². The molecule has 1 N–H and O–H groups in total. The molecule has 1 aromatic carbocycles. The van der Waals surface area contributed by atoms with Crippen LogP contribution in [0.5, 0.6) is 5.75 Å². The second-order valence-electron chi connectivity index (χ2n) is 6.48. The van der Waals surface area contributed by atoms with Gasteiger partial charge in [-0.05, 0) is 48.8 Å². The molecule has 0 heterocycles. The van der Waals surface area contributed by atoms with E-state index in [1.807, 2.05) is 18.2 Å². The number of benzene rings is 1. The van der Waals surface area contributed by atoms with Gasteiger partial charge in [-0.25, -0.2) is 0 Å². The van der Waals surface area contributed by atoms with E-state index >= 15 is 0 Å². The van der Waals surface area contributed by atoms with Gasteiger partial charge < -0.3 is 10.1 Å². The fourth-order valence-corrected chi connectivity index (χ4v) is 3.39. The molecule has 1 aromatic rings. The summed E-state index contributed by atoms with van der Waals surface area (Å²) in [6.45, 7) is 7.07. The van der Waals surface area contributed by atoms with Crippen LogP contribution in [0.25, 0.3) is 0 Å². The van der Waals surface area contributed by atoms with Crippen LogP contribution < -0.4 is 10.1 Å². The first kappa shape index (κ1) is 14.5. The Balaban J connectivity index is 2.03. The van der Waals surface area contributed by atoms with Gasteiger partial charge in [-0.2, -0.15) is 0 Å². The Hall–Kier alpha value is -0.890. The zero-order valence-corrected chi connectivity index (χ0v) is 13.1. The van der Waals surface area contributed by atoms with E-state index in [1.54, 1.807) is 7.11 Å². The monoisotopic (exact) mass is 281 g/mol. The fraction of sp³-hybridized carbons (Fsp3) is 0.625. The Labute approximate surface area is 121 Å². The van der Waals surface area contributed by atoms with Crippen LogP contribution in [0.3, 0.4) is 0 Å². The molecule has 0 saturated heterocycles. The lowest BCUT2D eigenvalue weighted by Gasteiger charge is -2.40. The molecular weight excluding hydrogens is 258 g/mol. The van der Waals surface area contributed by atoms with E-state index in [-0.39, 0.29) is 0 Å². The normalized spacial score (nSPS) is 25.9. The Morgan fingerprint density at radius 3 is 2.68 bits per heavy atom. The summed E-state index contributed by atoms with van der Waals surface area (Å²) >= 11 is 6.16. The summed E-state index contributed by atoms with van der Waals surface area (Å²) in [5, 5.41) is 4.28. The van der Waals surface area contributed by atoms with Gasteiger partial charge in [-0.3, -0.25) is 0 Å². The van der Waals surface area contributed by atoms with Crippen LogP contribution >= 0.6 is 11.6 Å². The maximum Gasteiger partial charge on any atom is 0.137 e. The molecule has 2 atom stereocenters. The summed E-state index contributed by atoms with van der Waals surface area (Å²) in [4.78, 5) is 0. The first-order valence-corrected chi connectivity index (χ1v) is 7.39. The highest BCUT2D eigenvalue weighted by atomic mass is 35.5. The van der Waals surface area contributed by atoms with Crippen molar-refractivity contribution in [2.75, 3.05) is 12.4 Å². The molecule has 0 amide bonds. The molecule has 2 nitrogen and oxygen atoms in total. The van der Waals surface area contributed by atoms with Crippen molar-refractivity contribution in [1.29, 1.82) is 0 Å². The largest absolute Gasteiger partial charge is 0.495 e. The second kappa shape index (κ2) is 5.62. The van der Waals surface area contributed by atoms with Crippen molar-refractivity contribution >= 4 is 17.3 Å². The Kier molecular flexibility index (Phi) is 4.29. The molecule has 19 heavy (non-hydrogen) atoms. The van der Waals surface area contributed by atoms with Crippen LogP contribution in [0.2, 0.25) is 5.02 Å². The van der Waals surface area contributed by atoms with Crippen LogP contribution in [0, 0.1) is 11.3 Å². The first-order valence-electron chi connectivity index (χ1n) is 7.01. The van der Waals surface area contributed by atoms with Crippen LogP contribution in [0.15, 0.2) is 18.2 Å². The summed E-state index contributed by atoms with van der Waals surface area (Å²) in [5.74, 6) is 1.41. The van der Waals surface area contributed by atoms with Gasteiger partial charge in [-0.15, -0.1) is 0 Å². The lowest BCUT2D eigenvalue weighted by atomic mass is 9.70. The van der Waals surface area contributed by atoms with Crippen LogP contribution in [-0.4, -0.2) is 13.2 Å². The molecule has 1 aliphatic rings. The van der Waals surface area contributed by atoms with Gasteiger partial charge >= 0.3 is 0 Å². The van der Waals surface area contributed by atoms with Gasteiger partial charge in [-0.1, -0.05) is 32.4 Å². The highest BCUT2D eigenvalue weighted by Gasteiger charge is 2.32. The fourth-order valence-electron chi connectivity index (χ4n) is 3.13. The number of methoxy groups -OCH3 is 1. The maximum atomic E-state index is 6.16. The predicted octanol–water partition coefficient (Wildman–Crippen LogP) is 4.98. The van der Waals surface area contributed by atoms with E-state index in [1.165, 1.54) is 19.3 Å². The number of rotatable bonds is 3. The van der Waals surface area contributed by atoms with Gasteiger partial charge in [0.2, 0.25) is 0 Å². The third-order valence-corrected chi connectivity index (χ3v) is 4.49. The first-order chi connectivity index (χ1) is 8.91. The minimum Gasteiger partial charge on any atom is -0.495 e. The van der Waals surface area contributed by atoms with Crippen molar-refractivity contribution < 1.29 is 4.74 Å². The van der Waals surface area contributed by atoms with E-state index in [4.69, 9.17) is 16.3 Å². The second-order valence-corrected chi connectivity index (χ2v) is 6.89. The Bertz CT molecular complexity index is 444. The summed E-state index contributed by atoms with van der Waals surface area (Å²) in [6, 6.07) is 6.45. The molecule has 106 valence electrons. The van der Waals surface area contributed by atoms with Gasteiger partial charge in [0, 0.05) is 11.7 Å². The van der Waals surface area contributed by atoms with Crippen LogP contribution in [-0.2, 0) is 0 Å². The predicted molar refractivity (Wildman–Crippen MR) is 82.2 cm³/mol. The molecule has 1 aliphatic carbocycles. The summed E-state index contributed by atoms with van der Waals surface area (Å²) in [5.41, 5.74) is 1.57. The summed E-state index contributed by atoms with van der Waals surface area (Å²) in [6.07, 6.45) is 3.77. The standard InChI is InChI=1S/C16H24ClNO/c1-11-10-16(2,3)8-7-14(11)18-12-5-6-15(19-4)13(17)9-12/h5-6,9,11,14,18H,7-8,10H2,1-4H3. The average molecular weight is 282 g/mol. The number of hydrogen-bond donors (Lipinski definition) is 1. The average Bonchev–Trinajstić information content (AvgIpc) is 2.32. The molecule has 0 bridgehead atoms. The van der Waals surface area contributed by atoms with Crippen LogP contribution in [0.1, 0.15) is 40.0 Å². The molecule has 3 heteroatoms. The summed E-state index contributed by atoms with van der Waals surface area (Å²) < 4.78 is 5.18. The minimum absolute atomic E-state index is 0.481. The molecule has 0 aliphatic heterocycles. The van der Waals surface area contributed by atoms with Crippen molar-refractivity contribution in [3.05, 3.63) is 23.2 Å². The topological polar surface area (TPSA) is 21.3 Å². The molecule has 0 radical (unpaired) electrons. The molecule has 0 aromatic heterocycles.